The quantitative estimate of drug-likeness (QED) is 0.857. The fraction of sp³-hybridized carbons (Fsp3) is 0.600. The standard InChI is InChI=1S/C15H22FNO2/c1-17(9-12-3-2-4-14(12)18)10-15(19)11-5-7-13(16)8-6-11/h5-8,12,14-15,18-19H,2-4,9-10H2,1H3. The molecule has 3 atom stereocenters. The summed E-state index contributed by atoms with van der Waals surface area (Å²) >= 11 is 0. The number of aliphatic hydroxyl groups excluding tert-OH is 2. The average Bonchev–Trinajstić information content (AvgIpc) is 2.75. The van der Waals surface area contributed by atoms with Crippen LogP contribution in [0.3, 0.4) is 0 Å². The molecule has 0 spiro atoms. The van der Waals surface area contributed by atoms with Crippen molar-refractivity contribution >= 4 is 0 Å². The minimum Gasteiger partial charge on any atom is -0.393 e. The van der Waals surface area contributed by atoms with E-state index >= 15 is 0 Å². The maximum atomic E-state index is 12.8. The molecule has 3 unspecified atom stereocenters. The van der Waals surface area contributed by atoms with Gasteiger partial charge in [0.05, 0.1) is 12.2 Å². The fourth-order valence-electron chi connectivity index (χ4n) is 2.79. The zero-order valence-electron chi connectivity index (χ0n) is 11.3. The van der Waals surface area contributed by atoms with Crippen LogP contribution in [0.25, 0.3) is 0 Å². The van der Waals surface area contributed by atoms with Crippen molar-refractivity contribution in [3.63, 3.8) is 0 Å². The summed E-state index contributed by atoms with van der Waals surface area (Å²) in [5.41, 5.74) is 0.722. The van der Waals surface area contributed by atoms with Crippen molar-refractivity contribution in [3.8, 4) is 0 Å². The molecule has 0 heterocycles. The van der Waals surface area contributed by atoms with E-state index in [9.17, 15) is 14.6 Å². The molecular formula is C15H22FNO2. The van der Waals surface area contributed by atoms with Crippen LogP contribution in [0.1, 0.15) is 30.9 Å². The van der Waals surface area contributed by atoms with Crippen LogP contribution >= 0.6 is 0 Å². The molecule has 4 heteroatoms. The van der Waals surface area contributed by atoms with E-state index in [1.54, 1.807) is 12.1 Å². The molecule has 1 aliphatic rings. The maximum absolute atomic E-state index is 12.8. The Labute approximate surface area is 113 Å². The highest BCUT2D eigenvalue weighted by Crippen LogP contribution is 2.26. The molecule has 1 aromatic rings. The molecule has 106 valence electrons. The number of hydrogen-bond donors (Lipinski definition) is 2. The van der Waals surface area contributed by atoms with Crippen LogP contribution < -0.4 is 0 Å². The number of hydrogen-bond acceptors (Lipinski definition) is 3. The molecule has 3 nitrogen and oxygen atoms in total. The van der Waals surface area contributed by atoms with Gasteiger partial charge in [-0.05, 0) is 43.5 Å². The van der Waals surface area contributed by atoms with Crippen LogP contribution in [-0.2, 0) is 0 Å². The van der Waals surface area contributed by atoms with E-state index in [1.165, 1.54) is 12.1 Å². The zero-order chi connectivity index (χ0) is 13.8. The zero-order valence-corrected chi connectivity index (χ0v) is 11.3. The van der Waals surface area contributed by atoms with Crippen molar-refractivity contribution in [2.75, 3.05) is 20.1 Å². The minimum atomic E-state index is -0.621. The third kappa shape index (κ3) is 4.00. The Morgan fingerprint density at radius 3 is 2.58 bits per heavy atom. The van der Waals surface area contributed by atoms with Gasteiger partial charge in [0.25, 0.3) is 0 Å². The highest BCUT2D eigenvalue weighted by molar-refractivity contribution is 5.18. The van der Waals surface area contributed by atoms with E-state index in [2.05, 4.69) is 0 Å². The van der Waals surface area contributed by atoms with Crippen molar-refractivity contribution < 1.29 is 14.6 Å². The number of rotatable bonds is 5. The van der Waals surface area contributed by atoms with Crippen molar-refractivity contribution in [1.82, 2.24) is 4.90 Å². The topological polar surface area (TPSA) is 43.7 Å². The summed E-state index contributed by atoms with van der Waals surface area (Å²) in [4.78, 5) is 2.03. The van der Waals surface area contributed by atoms with Crippen molar-refractivity contribution in [3.05, 3.63) is 35.6 Å². The molecule has 0 amide bonds. The lowest BCUT2D eigenvalue weighted by molar-refractivity contribution is 0.0822. The Hall–Kier alpha value is -0.970. The lowest BCUT2D eigenvalue weighted by Gasteiger charge is -2.25. The number of likely N-dealkylation sites (N-methyl/N-ethyl adjacent to an activating group) is 1. The largest absolute Gasteiger partial charge is 0.393 e. The lowest BCUT2D eigenvalue weighted by Crippen LogP contribution is -2.32. The van der Waals surface area contributed by atoms with Crippen molar-refractivity contribution in [2.45, 2.75) is 31.5 Å². The van der Waals surface area contributed by atoms with Gasteiger partial charge in [0.2, 0.25) is 0 Å². The molecule has 1 aromatic carbocycles. The van der Waals surface area contributed by atoms with E-state index in [-0.39, 0.29) is 11.9 Å². The lowest BCUT2D eigenvalue weighted by atomic mass is 10.0. The van der Waals surface area contributed by atoms with E-state index in [4.69, 9.17) is 0 Å². The third-order valence-electron chi connectivity index (χ3n) is 3.90. The molecule has 0 aromatic heterocycles. The summed E-state index contributed by atoms with van der Waals surface area (Å²) in [7, 11) is 1.94. The van der Waals surface area contributed by atoms with Gasteiger partial charge in [-0.2, -0.15) is 0 Å². The van der Waals surface area contributed by atoms with Gasteiger partial charge in [-0.15, -0.1) is 0 Å². The van der Waals surface area contributed by atoms with Gasteiger partial charge in [-0.1, -0.05) is 18.6 Å². The SMILES string of the molecule is CN(CC(O)c1ccc(F)cc1)CC1CCCC1O. The molecule has 19 heavy (non-hydrogen) atoms. The van der Waals surface area contributed by atoms with E-state index in [0.29, 0.717) is 12.5 Å². The van der Waals surface area contributed by atoms with Gasteiger partial charge in [0.1, 0.15) is 5.82 Å². The van der Waals surface area contributed by atoms with E-state index in [1.807, 2.05) is 11.9 Å². The number of nitrogens with zero attached hydrogens (tertiary/aromatic N) is 1. The summed E-state index contributed by atoms with van der Waals surface area (Å²) in [6.45, 7) is 1.29. The van der Waals surface area contributed by atoms with E-state index in [0.717, 1.165) is 31.4 Å². The molecule has 0 radical (unpaired) electrons. The van der Waals surface area contributed by atoms with Crippen LogP contribution in [0.4, 0.5) is 4.39 Å². The molecule has 2 rings (SSSR count). The first kappa shape index (κ1) is 14.4. The smallest absolute Gasteiger partial charge is 0.123 e. The summed E-state index contributed by atoms with van der Waals surface area (Å²) in [6.07, 6.45) is 2.20. The normalized spacial score (nSPS) is 24.9. The average molecular weight is 267 g/mol. The predicted molar refractivity (Wildman–Crippen MR) is 72.2 cm³/mol. The monoisotopic (exact) mass is 267 g/mol. The Balaban J connectivity index is 1.84. The van der Waals surface area contributed by atoms with E-state index < -0.39 is 6.10 Å². The molecular weight excluding hydrogens is 245 g/mol. The first-order chi connectivity index (χ1) is 9.06. The highest BCUT2D eigenvalue weighted by atomic mass is 19.1. The summed E-state index contributed by atoms with van der Waals surface area (Å²) < 4.78 is 12.8. The van der Waals surface area contributed by atoms with Crippen LogP contribution in [0.2, 0.25) is 0 Å². The minimum absolute atomic E-state index is 0.203. The van der Waals surface area contributed by atoms with Crippen molar-refractivity contribution in [1.29, 1.82) is 0 Å². The molecule has 2 N–H and O–H groups in total. The van der Waals surface area contributed by atoms with Gasteiger partial charge in [0.15, 0.2) is 0 Å². The molecule has 0 aliphatic heterocycles. The summed E-state index contributed by atoms with van der Waals surface area (Å²) in [5, 5.41) is 19.9. The Kier molecular flexibility index (Phi) is 4.91. The van der Waals surface area contributed by atoms with Gasteiger partial charge in [-0.25, -0.2) is 4.39 Å². The van der Waals surface area contributed by atoms with Gasteiger partial charge >= 0.3 is 0 Å². The van der Waals surface area contributed by atoms with Crippen LogP contribution in [0.5, 0.6) is 0 Å². The van der Waals surface area contributed by atoms with Crippen molar-refractivity contribution in [2.24, 2.45) is 5.92 Å². The number of benzene rings is 1. The first-order valence-corrected chi connectivity index (χ1v) is 6.86. The summed E-state index contributed by atoms with van der Waals surface area (Å²) in [6, 6.07) is 5.94. The number of halogens is 1. The second-order valence-corrected chi connectivity index (χ2v) is 5.55. The second-order valence-electron chi connectivity index (χ2n) is 5.55. The van der Waals surface area contributed by atoms with Gasteiger partial charge < -0.3 is 15.1 Å². The first-order valence-electron chi connectivity index (χ1n) is 6.86. The Bertz CT molecular complexity index is 396. The van der Waals surface area contributed by atoms with Gasteiger partial charge in [-0.3, -0.25) is 0 Å². The predicted octanol–water partition coefficient (Wildman–Crippen LogP) is 1.95. The molecule has 0 bridgehead atoms. The fourth-order valence-corrected chi connectivity index (χ4v) is 2.79. The number of aliphatic hydroxyl groups is 2. The maximum Gasteiger partial charge on any atom is 0.123 e. The van der Waals surface area contributed by atoms with Gasteiger partial charge in [0, 0.05) is 13.1 Å². The molecule has 1 fully saturated rings. The summed E-state index contributed by atoms with van der Waals surface area (Å²) in [5.74, 6) is 0.0174. The third-order valence-corrected chi connectivity index (χ3v) is 3.90. The molecule has 1 aliphatic carbocycles. The molecule has 0 saturated heterocycles. The Morgan fingerprint density at radius 2 is 2.00 bits per heavy atom. The highest BCUT2D eigenvalue weighted by Gasteiger charge is 2.26. The van der Waals surface area contributed by atoms with Crippen LogP contribution in [-0.4, -0.2) is 41.4 Å². The van der Waals surface area contributed by atoms with Crippen LogP contribution in [0, 0.1) is 11.7 Å². The molecule has 1 saturated carbocycles. The Morgan fingerprint density at radius 1 is 1.32 bits per heavy atom. The second kappa shape index (κ2) is 6.46. The van der Waals surface area contributed by atoms with Crippen LogP contribution in [0.15, 0.2) is 24.3 Å².